The van der Waals surface area contributed by atoms with Gasteiger partial charge in [0.05, 0.1) is 31.9 Å². The van der Waals surface area contributed by atoms with E-state index in [0.717, 1.165) is 34.1 Å². The minimum atomic E-state index is -0.871. The van der Waals surface area contributed by atoms with Gasteiger partial charge in [0.15, 0.2) is 11.5 Å². The third-order valence-corrected chi connectivity index (χ3v) is 4.93. The van der Waals surface area contributed by atoms with E-state index in [9.17, 15) is 13.6 Å². The molecular formula is C19H19F2N7O3S. The molecule has 0 bridgehead atoms. The molecule has 1 amide bonds. The quantitative estimate of drug-likeness (QED) is 0.191. The van der Waals surface area contributed by atoms with Crippen LogP contribution in [0.2, 0.25) is 0 Å². The fraction of sp³-hybridized carbons (Fsp3) is 0.158. The maximum Gasteiger partial charge on any atom is 0.264 e. The van der Waals surface area contributed by atoms with Crippen LogP contribution in [-0.4, -0.2) is 47.0 Å². The van der Waals surface area contributed by atoms with Crippen molar-refractivity contribution in [3.63, 3.8) is 0 Å². The number of carbonyl (C=O) groups excluding carboxylic acids is 1. The number of ether oxygens (including phenoxy) is 2. The van der Waals surface area contributed by atoms with Crippen molar-refractivity contribution in [3.05, 3.63) is 53.6 Å². The number of thioether (sulfide) groups is 1. The number of nitrogen functional groups attached to an aromatic ring is 1. The highest BCUT2D eigenvalue weighted by atomic mass is 32.2. The molecule has 3 aromatic rings. The molecule has 13 heteroatoms. The van der Waals surface area contributed by atoms with Crippen LogP contribution in [0.4, 0.5) is 20.4 Å². The van der Waals surface area contributed by atoms with Gasteiger partial charge in [0.25, 0.3) is 5.95 Å². The van der Waals surface area contributed by atoms with Gasteiger partial charge in [-0.05, 0) is 35.9 Å². The van der Waals surface area contributed by atoms with Crippen LogP contribution in [0.5, 0.6) is 11.5 Å². The number of halogens is 2. The molecule has 3 rings (SSSR count). The molecule has 168 valence electrons. The number of methoxy groups -OCH3 is 2. The highest BCUT2D eigenvalue weighted by Gasteiger charge is 2.13. The van der Waals surface area contributed by atoms with Gasteiger partial charge in [0.2, 0.25) is 11.1 Å². The summed E-state index contributed by atoms with van der Waals surface area (Å²) in [6, 6.07) is 8.12. The van der Waals surface area contributed by atoms with Gasteiger partial charge in [0, 0.05) is 6.07 Å². The predicted molar refractivity (Wildman–Crippen MR) is 117 cm³/mol. The molecular weight excluding hydrogens is 444 g/mol. The molecule has 0 saturated carbocycles. The number of amides is 1. The molecule has 0 spiro atoms. The van der Waals surface area contributed by atoms with Crippen molar-refractivity contribution in [1.82, 2.24) is 14.9 Å². The Morgan fingerprint density at radius 3 is 2.69 bits per heavy atom. The lowest BCUT2D eigenvalue weighted by atomic mass is 10.2. The molecule has 0 fully saturated rings. The van der Waals surface area contributed by atoms with Gasteiger partial charge in [-0.3, -0.25) is 4.79 Å². The van der Waals surface area contributed by atoms with Crippen molar-refractivity contribution in [2.45, 2.75) is 5.16 Å². The Hall–Kier alpha value is -3.87. The Labute approximate surface area is 185 Å². The summed E-state index contributed by atoms with van der Waals surface area (Å²) in [5, 5.41) is 14.4. The Kier molecular flexibility index (Phi) is 7.44. The molecule has 0 unspecified atom stereocenters. The number of rotatable bonds is 9. The maximum atomic E-state index is 13.6. The number of hydrogen-bond donors (Lipinski definition) is 3. The van der Waals surface area contributed by atoms with E-state index in [1.807, 2.05) is 0 Å². The summed E-state index contributed by atoms with van der Waals surface area (Å²) in [4.78, 5) is 12.0. The molecule has 0 radical (unpaired) electrons. The summed E-state index contributed by atoms with van der Waals surface area (Å²) in [5.74, 6) is 4.93. The largest absolute Gasteiger partial charge is 0.493 e. The Bertz CT molecular complexity index is 1140. The minimum absolute atomic E-state index is 0.124. The molecule has 1 aromatic heterocycles. The van der Waals surface area contributed by atoms with Crippen LogP contribution in [0.15, 0.2) is 46.7 Å². The van der Waals surface area contributed by atoms with E-state index in [2.05, 4.69) is 26.0 Å². The molecule has 10 nitrogen and oxygen atoms in total. The first-order valence-electron chi connectivity index (χ1n) is 9.00. The van der Waals surface area contributed by atoms with Crippen molar-refractivity contribution in [1.29, 1.82) is 0 Å². The highest BCUT2D eigenvalue weighted by Crippen LogP contribution is 2.27. The number of carbonyl (C=O) groups is 1. The van der Waals surface area contributed by atoms with Crippen molar-refractivity contribution in [3.8, 4) is 11.5 Å². The summed E-state index contributed by atoms with van der Waals surface area (Å²) >= 11 is 0.977. The van der Waals surface area contributed by atoms with E-state index in [1.165, 1.54) is 13.3 Å². The lowest BCUT2D eigenvalue weighted by Crippen LogP contribution is -2.17. The van der Waals surface area contributed by atoms with Gasteiger partial charge in [-0.2, -0.15) is 5.10 Å². The number of anilines is 2. The number of nitrogens with one attached hydrogen (secondary N) is 2. The average Bonchev–Trinajstić information content (AvgIpc) is 3.13. The fourth-order valence-electron chi connectivity index (χ4n) is 2.46. The SMILES string of the molecule is COc1ccc(/C=N/Nc2nnc(SCC(=O)Nc3ccc(F)cc3F)n2N)cc1OC. The van der Waals surface area contributed by atoms with Gasteiger partial charge in [0.1, 0.15) is 11.6 Å². The predicted octanol–water partition coefficient (Wildman–Crippen LogP) is 2.46. The number of nitrogens with zero attached hydrogens (tertiary/aromatic N) is 4. The van der Waals surface area contributed by atoms with Crippen LogP contribution < -0.4 is 26.1 Å². The number of hydrogen-bond acceptors (Lipinski definition) is 9. The molecule has 0 aliphatic carbocycles. The third-order valence-electron chi connectivity index (χ3n) is 3.99. The zero-order valence-corrected chi connectivity index (χ0v) is 17.8. The second kappa shape index (κ2) is 10.4. The third kappa shape index (κ3) is 5.63. The van der Waals surface area contributed by atoms with E-state index in [-0.39, 0.29) is 22.5 Å². The molecule has 4 N–H and O–H groups in total. The smallest absolute Gasteiger partial charge is 0.264 e. The highest BCUT2D eigenvalue weighted by molar-refractivity contribution is 7.99. The number of hydrazone groups is 1. The molecule has 1 heterocycles. The number of aromatic nitrogens is 3. The molecule has 0 atom stereocenters. The standard InChI is InChI=1S/C19H19F2N7O3S/c1-30-15-6-3-11(7-16(15)31-2)9-23-25-18-26-27-19(28(18)22)32-10-17(29)24-14-5-4-12(20)8-13(14)21/h3-9H,10,22H2,1-2H3,(H,24,29)(H,25,26)/b23-9+. The van der Waals surface area contributed by atoms with Crippen LogP contribution in [0.25, 0.3) is 0 Å². The van der Waals surface area contributed by atoms with Gasteiger partial charge < -0.3 is 20.6 Å². The Morgan fingerprint density at radius 2 is 1.97 bits per heavy atom. The lowest BCUT2D eigenvalue weighted by Gasteiger charge is -2.07. The van der Waals surface area contributed by atoms with Crippen molar-refractivity contribution >= 4 is 35.5 Å². The lowest BCUT2D eigenvalue weighted by molar-refractivity contribution is -0.113. The van der Waals surface area contributed by atoms with E-state index < -0.39 is 17.5 Å². The minimum Gasteiger partial charge on any atom is -0.493 e. The zero-order valence-electron chi connectivity index (χ0n) is 17.0. The molecule has 2 aromatic carbocycles. The summed E-state index contributed by atoms with van der Waals surface area (Å²) in [6.07, 6.45) is 1.52. The van der Waals surface area contributed by atoms with Crippen LogP contribution in [0.1, 0.15) is 5.56 Å². The van der Waals surface area contributed by atoms with Crippen LogP contribution in [0.3, 0.4) is 0 Å². The maximum absolute atomic E-state index is 13.6. The van der Waals surface area contributed by atoms with Crippen molar-refractivity contribution in [2.75, 3.05) is 36.6 Å². The first-order chi connectivity index (χ1) is 15.4. The summed E-state index contributed by atoms with van der Waals surface area (Å²) in [5.41, 5.74) is 3.26. The van der Waals surface area contributed by atoms with Crippen LogP contribution in [-0.2, 0) is 4.79 Å². The molecule has 0 aliphatic rings. The van der Waals surface area contributed by atoms with Gasteiger partial charge >= 0.3 is 0 Å². The van der Waals surface area contributed by atoms with Gasteiger partial charge in [-0.1, -0.05) is 11.8 Å². The normalized spacial score (nSPS) is 10.9. The molecule has 0 aliphatic heterocycles. The number of benzene rings is 2. The second-order valence-electron chi connectivity index (χ2n) is 6.12. The molecule has 0 saturated heterocycles. The van der Waals surface area contributed by atoms with Crippen LogP contribution >= 0.6 is 11.8 Å². The Morgan fingerprint density at radius 1 is 1.19 bits per heavy atom. The van der Waals surface area contributed by atoms with Crippen LogP contribution in [0, 0.1) is 11.6 Å². The van der Waals surface area contributed by atoms with Crippen molar-refractivity contribution in [2.24, 2.45) is 5.10 Å². The van der Waals surface area contributed by atoms with Gasteiger partial charge in [-0.25, -0.2) is 18.9 Å². The zero-order chi connectivity index (χ0) is 23.1. The fourth-order valence-corrected chi connectivity index (χ4v) is 3.11. The first-order valence-corrected chi connectivity index (χ1v) is 9.99. The van der Waals surface area contributed by atoms with Gasteiger partial charge in [-0.15, -0.1) is 10.2 Å². The summed E-state index contributed by atoms with van der Waals surface area (Å²) in [6.45, 7) is 0. The summed E-state index contributed by atoms with van der Waals surface area (Å²) < 4.78 is 38.1. The molecule has 32 heavy (non-hydrogen) atoms. The van der Waals surface area contributed by atoms with E-state index >= 15 is 0 Å². The summed E-state index contributed by atoms with van der Waals surface area (Å²) in [7, 11) is 3.07. The monoisotopic (exact) mass is 463 g/mol. The number of nitrogens with two attached hydrogens (primary N) is 1. The first kappa shape index (κ1) is 22.8. The Balaban J connectivity index is 1.56. The average molecular weight is 463 g/mol. The van der Waals surface area contributed by atoms with E-state index in [4.69, 9.17) is 15.3 Å². The second-order valence-corrected chi connectivity index (χ2v) is 7.06. The topological polar surface area (TPSA) is 129 Å². The van der Waals surface area contributed by atoms with Crippen molar-refractivity contribution < 1.29 is 23.0 Å². The van der Waals surface area contributed by atoms with E-state index in [0.29, 0.717) is 17.6 Å². The van der Waals surface area contributed by atoms with E-state index in [1.54, 1.807) is 25.3 Å².